The predicted molar refractivity (Wildman–Crippen MR) is 105 cm³/mol. The highest BCUT2D eigenvalue weighted by atomic mass is 35.5. The Kier molecular flexibility index (Phi) is 7.90. The molecule has 0 radical (unpaired) electrons. The molecule has 11 heteroatoms. The van der Waals surface area contributed by atoms with E-state index in [2.05, 4.69) is 5.32 Å². The molecule has 28 heavy (non-hydrogen) atoms. The summed E-state index contributed by atoms with van der Waals surface area (Å²) < 4.78 is 43.4. The zero-order valence-electron chi connectivity index (χ0n) is 16.0. The Bertz CT molecular complexity index is 792. The zero-order chi connectivity index (χ0) is 19.4. The highest BCUT2D eigenvalue weighted by Crippen LogP contribution is 2.36. The molecule has 1 amide bonds. The Morgan fingerprint density at radius 2 is 1.71 bits per heavy atom. The minimum atomic E-state index is -3.77. The van der Waals surface area contributed by atoms with Gasteiger partial charge in [-0.05, 0) is 6.07 Å². The Labute approximate surface area is 171 Å². The number of hydrogen-bond acceptors (Lipinski definition) is 7. The molecular formula is C17H26ClN3O6S. The molecule has 1 aromatic carbocycles. The van der Waals surface area contributed by atoms with Gasteiger partial charge in [-0.1, -0.05) is 0 Å². The summed E-state index contributed by atoms with van der Waals surface area (Å²) in [6.07, 6.45) is 0. The number of morpholine rings is 1. The normalized spacial score (nSPS) is 18.3. The average Bonchev–Trinajstić information content (AvgIpc) is 2.73. The Hall–Kier alpha value is -1.59. The molecule has 2 saturated heterocycles. The molecule has 9 nitrogen and oxygen atoms in total. The fourth-order valence-corrected chi connectivity index (χ4v) is 4.67. The van der Waals surface area contributed by atoms with E-state index in [1.54, 1.807) is 4.90 Å². The van der Waals surface area contributed by atoms with E-state index in [4.69, 9.17) is 14.2 Å². The molecule has 2 heterocycles. The molecule has 0 aromatic heterocycles. The van der Waals surface area contributed by atoms with Gasteiger partial charge in [0.05, 0.1) is 37.9 Å². The number of piperazine rings is 1. The maximum atomic E-state index is 13.0. The molecule has 0 bridgehead atoms. The Balaban J connectivity index is 0.00000280. The van der Waals surface area contributed by atoms with Gasteiger partial charge in [0, 0.05) is 45.3 Å². The largest absolute Gasteiger partial charge is 0.493 e. The van der Waals surface area contributed by atoms with Crippen LogP contribution in [-0.4, -0.2) is 90.2 Å². The summed E-state index contributed by atoms with van der Waals surface area (Å²) in [5.74, 6) is 0.179. The number of carbonyl (C=O) groups is 1. The standard InChI is InChI=1S/C17H25N3O6S.ClH/c1-24-15-12-13(27(22,23)20-7-9-26-10-8-20)11-14(16(15)25-2)17(21)19-5-3-18-4-6-19;/h11-12,18H,3-10H2,1-2H3;1H. The van der Waals surface area contributed by atoms with Crippen molar-refractivity contribution in [3.8, 4) is 11.5 Å². The van der Waals surface area contributed by atoms with Gasteiger partial charge in [-0.2, -0.15) is 4.31 Å². The van der Waals surface area contributed by atoms with Crippen LogP contribution in [0.2, 0.25) is 0 Å². The lowest BCUT2D eigenvalue weighted by atomic mass is 10.1. The fourth-order valence-electron chi connectivity index (χ4n) is 3.22. The smallest absolute Gasteiger partial charge is 0.257 e. The van der Waals surface area contributed by atoms with E-state index in [0.29, 0.717) is 39.4 Å². The molecule has 2 aliphatic heterocycles. The highest BCUT2D eigenvalue weighted by Gasteiger charge is 2.31. The number of ether oxygens (including phenoxy) is 3. The second-order valence-corrected chi connectivity index (χ2v) is 8.20. The number of sulfonamides is 1. The van der Waals surface area contributed by atoms with Crippen LogP contribution in [0.1, 0.15) is 10.4 Å². The van der Waals surface area contributed by atoms with Gasteiger partial charge in [0.1, 0.15) is 0 Å². The number of nitrogens with one attached hydrogen (secondary N) is 1. The lowest BCUT2D eigenvalue weighted by Crippen LogP contribution is -2.46. The maximum Gasteiger partial charge on any atom is 0.257 e. The topological polar surface area (TPSA) is 97.4 Å². The Morgan fingerprint density at radius 1 is 1.07 bits per heavy atom. The van der Waals surface area contributed by atoms with Crippen LogP contribution >= 0.6 is 12.4 Å². The molecule has 0 spiro atoms. The van der Waals surface area contributed by atoms with E-state index in [1.807, 2.05) is 0 Å². The van der Waals surface area contributed by atoms with Crippen molar-refractivity contribution in [3.05, 3.63) is 17.7 Å². The summed E-state index contributed by atoms with van der Waals surface area (Å²) >= 11 is 0. The van der Waals surface area contributed by atoms with Crippen LogP contribution in [0.3, 0.4) is 0 Å². The van der Waals surface area contributed by atoms with Crippen LogP contribution in [0, 0.1) is 0 Å². The predicted octanol–water partition coefficient (Wildman–Crippen LogP) is 0.192. The monoisotopic (exact) mass is 435 g/mol. The number of carbonyl (C=O) groups excluding carboxylic acids is 1. The molecule has 0 atom stereocenters. The van der Waals surface area contributed by atoms with Crippen molar-refractivity contribution in [2.45, 2.75) is 4.90 Å². The maximum absolute atomic E-state index is 13.0. The molecule has 0 saturated carbocycles. The van der Waals surface area contributed by atoms with Gasteiger partial charge in [-0.15, -0.1) is 12.4 Å². The van der Waals surface area contributed by atoms with Gasteiger partial charge in [0.15, 0.2) is 11.5 Å². The van der Waals surface area contributed by atoms with E-state index in [1.165, 1.54) is 30.7 Å². The number of hydrogen-bond donors (Lipinski definition) is 1. The third-order valence-electron chi connectivity index (χ3n) is 4.69. The van der Waals surface area contributed by atoms with Gasteiger partial charge >= 0.3 is 0 Å². The summed E-state index contributed by atoms with van der Waals surface area (Å²) in [4.78, 5) is 14.7. The minimum Gasteiger partial charge on any atom is -0.493 e. The molecule has 0 unspecified atom stereocenters. The van der Waals surface area contributed by atoms with E-state index >= 15 is 0 Å². The molecule has 1 aromatic rings. The van der Waals surface area contributed by atoms with Gasteiger partial charge in [-0.25, -0.2) is 8.42 Å². The van der Waals surface area contributed by atoms with Crippen LogP contribution in [-0.2, 0) is 14.8 Å². The van der Waals surface area contributed by atoms with Crippen molar-refractivity contribution in [1.29, 1.82) is 0 Å². The van der Waals surface area contributed by atoms with Crippen molar-refractivity contribution >= 4 is 28.3 Å². The van der Waals surface area contributed by atoms with E-state index in [9.17, 15) is 13.2 Å². The highest BCUT2D eigenvalue weighted by molar-refractivity contribution is 7.89. The number of methoxy groups -OCH3 is 2. The SMILES string of the molecule is COc1cc(S(=O)(=O)N2CCOCC2)cc(C(=O)N2CCNCC2)c1OC.Cl. The summed E-state index contributed by atoms with van der Waals surface area (Å²) in [7, 11) is -0.920. The van der Waals surface area contributed by atoms with Crippen LogP contribution in [0.15, 0.2) is 17.0 Å². The first kappa shape index (κ1) is 22.7. The first-order valence-electron chi connectivity index (χ1n) is 8.83. The number of rotatable bonds is 5. The second kappa shape index (κ2) is 9.75. The van der Waals surface area contributed by atoms with Crippen LogP contribution in [0.4, 0.5) is 0 Å². The number of benzene rings is 1. The first-order valence-corrected chi connectivity index (χ1v) is 10.3. The average molecular weight is 436 g/mol. The van der Waals surface area contributed by atoms with E-state index in [-0.39, 0.29) is 53.4 Å². The van der Waals surface area contributed by atoms with Gasteiger partial charge in [0.25, 0.3) is 5.91 Å². The second-order valence-electron chi connectivity index (χ2n) is 6.27. The summed E-state index contributed by atoms with van der Waals surface area (Å²) in [6, 6.07) is 2.79. The molecule has 3 rings (SSSR count). The summed E-state index contributed by atoms with van der Waals surface area (Å²) in [5, 5.41) is 3.19. The van der Waals surface area contributed by atoms with Crippen molar-refractivity contribution < 1.29 is 27.4 Å². The third kappa shape index (κ3) is 4.52. The number of amides is 1. The Morgan fingerprint density at radius 3 is 2.29 bits per heavy atom. The molecule has 1 N–H and O–H groups in total. The van der Waals surface area contributed by atoms with Crippen LogP contribution < -0.4 is 14.8 Å². The van der Waals surface area contributed by atoms with Crippen LogP contribution in [0.25, 0.3) is 0 Å². The van der Waals surface area contributed by atoms with Crippen molar-refractivity contribution in [1.82, 2.24) is 14.5 Å². The van der Waals surface area contributed by atoms with Crippen molar-refractivity contribution in [2.24, 2.45) is 0 Å². The number of halogens is 1. The van der Waals surface area contributed by atoms with Crippen molar-refractivity contribution in [3.63, 3.8) is 0 Å². The van der Waals surface area contributed by atoms with Gasteiger partial charge in [0.2, 0.25) is 10.0 Å². The lowest BCUT2D eigenvalue weighted by Gasteiger charge is -2.29. The minimum absolute atomic E-state index is 0. The quantitative estimate of drug-likeness (QED) is 0.705. The first-order chi connectivity index (χ1) is 13.0. The summed E-state index contributed by atoms with van der Waals surface area (Å²) in [5.41, 5.74) is 0.186. The lowest BCUT2D eigenvalue weighted by molar-refractivity contribution is 0.0725. The van der Waals surface area contributed by atoms with Gasteiger partial charge in [-0.3, -0.25) is 4.79 Å². The van der Waals surface area contributed by atoms with Crippen molar-refractivity contribution in [2.75, 3.05) is 66.7 Å². The fraction of sp³-hybridized carbons (Fsp3) is 0.588. The van der Waals surface area contributed by atoms with E-state index in [0.717, 1.165) is 0 Å². The zero-order valence-corrected chi connectivity index (χ0v) is 17.6. The van der Waals surface area contributed by atoms with E-state index < -0.39 is 10.0 Å². The van der Waals surface area contributed by atoms with Crippen LogP contribution in [0.5, 0.6) is 11.5 Å². The molecular weight excluding hydrogens is 410 g/mol. The third-order valence-corrected chi connectivity index (χ3v) is 6.57. The molecule has 2 aliphatic rings. The van der Waals surface area contributed by atoms with Gasteiger partial charge < -0.3 is 24.4 Å². The molecule has 158 valence electrons. The molecule has 0 aliphatic carbocycles. The molecule has 2 fully saturated rings. The number of nitrogens with zero attached hydrogens (tertiary/aromatic N) is 2. The summed E-state index contributed by atoms with van der Waals surface area (Å²) in [6.45, 7) is 3.72.